The van der Waals surface area contributed by atoms with E-state index >= 15 is 0 Å². The normalized spacial score (nSPS) is 15.5. The van der Waals surface area contributed by atoms with Crippen molar-refractivity contribution < 1.29 is 19.1 Å². The summed E-state index contributed by atoms with van der Waals surface area (Å²) in [5, 5.41) is 11.8. The van der Waals surface area contributed by atoms with Crippen molar-refractivity contribution in [2.24, 2.45) is 5.41 Å². The summed E-state index contributed by atoms with van der Waals surface area (Å²) in [5.74, 6) is -1.51. The second-order valence-corrected chi connectivity index (χ2v) is 6.26. The Balaban J connectivity index is 2.19. The molecular formula is C15H19FN2O3. The van der Waals surface area contributed by atoms with E-state index < -0.39 is 29.3 Å². The quantitative estimate of drug-likeness (QED) is 0.880. The number of nitrogens with one attached hydrogen (secondary N) is 1. The first kappa shape index (κ1) is 15.3. The lowest BCUT2D eigenvalue weighted by Gasteiger charge is -2.29. The van der Waals surface area contributed by atoms with Crippen molar-refractivity contribution in [2.75, 3.05) is 11.4 Å². The van der Waals surface area contributed by atoms with Crippen LogP contribution in [0.1, 0.15) is 26.3 Å². The Kier molecular flexibility index (Phi) is 3.89. The topological polar surface area (TPSA) is 69.6 Å². The number of anilines is 1. The number of carboxylic acids is 1. The molecule has 2 rings (SSSR count). The maximum atomic E-state index is 13.3. The van der Waals surface area contributed by atoms with Crippen molar-refractivity contribution in [3.05, 3.63) is 29.6 Å². The number of carbonyl (C=O) groups is 2. The Hall–Kier alpha value is -2.11. The monoisotopic (exact) mass is 294 g/mol. The molecule has 0 saturated carbocycles. The summed E-state index contributed by atoms with van der Waals surface area (Å²) in [5.41, 5.74) is 0.770. The van der Waals surface area contributed by atoms with Crippen molar-refractivity contribution in [3.8, 4) is 0 Å². The largest absolute Gasteiger partial charge is 0.480 e. The van der Waals surface area contributed by atoms with Crippen LogP contribution in [0.2, 0.25) is 0 Å². The molecule has 2 amide bonds. The van der Waals surface area contributed by atoms with Gasteiger partial charge in [-0.05, 0) is 29.5 Å². The average molecular weight is 294 g/mol. The Bertz CT molecular complexity index is 581. The van der Waals surface area contributed by atoms with Gasteiger partial charge in [-0.15, -0.1) is 0 Å². The molecule has 1 heterocycles. The average Bonchev–Trinajstić information content (AvgIpc) is 2.76. The standard InChI is InChI=1S/C15H19FN2O3/c1-15(2,3)12(13(19)20)17-14(21)18-7-6-9-4-5-10(16)8-11(9)18/h4-5,8,12H,6-7H2,1-3H3,(H,17,21)(H,19,20)/t12-/m0/s1. The maximum absolute atomic E-state index is 13.3. The van der Waals surface area contributed by atoms with Crippen LogP contribution in [-0.4, -0.2) is 29.7 Å². The van der Waals surface area contributed by atoms with Gasteiger partial charge in [0, 0.05) is 6.54 Å². The zero-order valence-corrected chi connectivity index (χ0v) is 12.3. The maximum Gasteiger partial charge on any atom is 0.326 e. The summed E-state index contributed by atoms with van der Waals surface area (Å²) < 4.78 is 13.3. The van der Waals surface area contributed by atoms with Crippen LogP contribution in [0, 0.1) is 11.2 Å². The minimum Gasteiger partial charge on any atom is -0.480 e. The number of hydrogen-bond acceptors (Lipinski definition) is 2. The van der Waals surface area contributed by atoms with Crippen molar-refractivity contribution in [1.29, 1.82) is 0 Å². The Morgan fingerprint density at radius 3 is 2.62 bits per heavy atom. The van der Waals surface area contributed by atoms with Crippen LogP contribution < -0.4 is 10.2 Å². The number of fused-ring (bicyclic) bond motifs is 1. The van der Waals surface area contributed by atoms with Crippen molar-refractivity contribution in [3.63, 3.8) is 0 Å². The van der Waals surface area contributed by atoms with E-state index in [1.54, 1.807) is 26.8 Å². The highest BCUT2D eigenvalue weighted by molar-refractivity contribution is 5.96. The smallest absolute Gasteiger partial charge is 0.326 e. The van der Waals surface area contributed by atoms with Crippen molar-refractivity contribution in [1.82, 2.24) is 5.32 Å². The molecule has 0 aromatic heterocycles. The van der Waals surface area contributed by atoms with Gasteiger partial charge in [-0.1, -0.05) is 26.8 Å². The van der Waals surface area contributed by atoms with E-state index in [1.807, 2.05) is 0 Å². The van der Waals surface area contributed by atoms with E-state index in [4.69, 9.17) is 0 Å². The number of nitrogens with zero attached hydrogens (tertiary/aromatic N) is 1. The van der Waals surface area contributed by atoms with Gasteiger partial charge in [0.05, 0.1) is 5.69 Å². The lowest BCUT2D eigenvalue weighted by molar-refractivity contribution is -0.141. The SMILES string of the molecule is CC(C)(C)[C@@H](NC(=O)N1CCc2ccc(F)cc21)C(=O)O. The van der Waals surface area contributed by atoms with E-state index in [9.17, 15) is 19.1 Å². The molecule has 0 spiro atoms. The molecule has 0 unspecified atom stereocenters. The zero-order chi connectivity index (χ0) is 15.8. The summed E-state index contributed by atoms with van der Waals surface area (Å²) in [4.78, 5) is 25.0. The number of carbonyl (C=O) groups excluding carboxylic acids is 1. The fourth-order valence-corrected chi connectivity index (χ4v) is 2.41. The summed E-state index contributed by atoms with van der Waals surface area (Å²) in [6, 6.07) is 2.78. The molecule has 0 bridgehead atoms. The first-order valence-corrected chi connectivity index (χ1v) is 6.79. The second kappa shape index (κ2) is 5.35. The van der Waals surface area contributed by atoms with Gasteiger partial charge in [-0.3, -0.25) is 4.90 Å². The Morgan fingerprint density at radius 2 is 2.05 bits per heavy atom. The molecule has 0 aliphatic carbocycles. The third-order valence-electron chi connectivity index (χ3n) is 3.57. The number of aliphatic carboxylic acids is 1. The van der Waals surface area contributed by atoms with E-state index in [-0.39, 0.29) is 0 Å². The van der Waals surface area contributed by atoms with Crippen LogP contribution in [0.25, 0.3) is 0 Å². The van der Waals surface area contributed by atoms with Gasteiger partial charge in [-0.25, -0.2) is 14.0 Å². The molecule has 1 aromatic rings. The molecule has 0 radical (unpaired) electrons. The number of amides is 2. The lowest BCUT2D eigenvalue weighted by atomic mass is 9.87. The summed E-state index contributed by atoms with van der Waals surface area (Å²) in [7, 11) is 0. The summed E-state index contributed by atoms with van der Waals surface area (Å²) in [6.07, 6.45) is 0.635. The molecule has 0 fully saturated rings. The Morgan fingerprint density at radius 1 is 1.38 bits per heavy atom. The van der Waals surface area contributed by atoms with Crippen LogP contribution in [0.5, 0.6) is 0 Å². The predicted octanol–water partition coefficient (Wildman–Crippen LogP) is 2.40. The number of hydrogen-bond donors (Lipinski definition) is 2. The number of carboxylic acid groups (broad SMARTS) is 1. The molecule has 114 valence electrons. The second-order valence-electron chi connectivity index (χ2n) is 6.26. The zero-order valence-electron chi connectivity index (χ0n) is 12.3. The number of halogens is 1. The molecule has 1 aliphatic rings. The van der Waals surface area contributed by atoms with Gasteiger partial charge in [0.15, 0.2) is 0 Å². The van der Waals surface area contributed by atoms with Gasteiger partial charge < -0.3 is 10.4 Å². The van der Waals surface area contributed by atoms with Gasteiger partial charge >= 0.3 is 12.0 Å². The predicted molar refractivity (Wildman–Crippen MR) is 76.9 cm³/mol. The van der Waals surface area contributed by atoms with E-state index in [1.165, 1.54) is 17.0 Å². The van der Waals surface area contributed by atoms with Gasteiger partial charge in [0.1, 0.15) is 11.9 Å². The molecule has 2 N–H and O–H groups in total. The summed E-state index contributed by atoms with van der Waals surface area (Å²) in [6.45, 7) is 5.64. The highest BCUT2D eigenvalue weighted by Gasteiger charge is 2.35. The fourth-order valence-electron chi connectivity index (χ4n) is 2.41. The number of urea groups is 1. The van der Waals surface area contributed by atoms with E-state index in [0.29, 0.717) is 18.7 Å². The molecule has 1 aromatic carbocycles. The number of benzene rings is 1. The highest BCUT2D eigenvalue weighted by Crippen LogP contribution is 2.29. The van der Waals surface area contributed by atoms with E-state index in [0.717, 1.165) is 5.56 Å². The summed E-state index contributed by atoms with van der Waals surface area (Å²) >= 11 is 0. The van der Waals surface area contributed by atoms with E-state index in [2.05, 4.69) is 5.32 Å². The van der Waals surface area contributed by atoms with Gasteiger partial charge in [0.2, 0.25) is 0 Å². The molecule has 21 heavy (non-hydrogen) atoms. The highest BCUT2D eigenvalue weighted by atomic mass is 19.1. The van der Waals surface area contributed by atoms with Crippen LogP contribution >= 0.6 is 0 Å². The lowest BCUT2D eigenvalue weighted by Crippen LogP contribution is -2.53. The molecule has 5 nitrogen and oxygen atoms in total. The Labute approximate surface area is 122 Å². The van der Waals surface area contributed by atoms with Gasteiger partial charge in [0.25, 0.3) is 0 Å². The molecule has 6 heteroatoms. The molecule has 1 atom stereocenters. The van der Waals surface area contributed by atoms with Crippen molar-refractivity contribution >= 4 is 17.7 Å². The van der Waals surface area contributed by atoms with Crippen molar-refractivity contribution in [2.45, 2.75) is 33.2 Å². The molecular weight excluding hydrogens is 275 g/mol. The molecule has 0 saturated heterocycles. The van der Waals surface area contributed by atoms with Crippen LogP contribution in [0.4, 0.5) is 14.9 Å². The first-order valence-electron chi connectivity index (χ1n) is 6.79. The third kappa shape index (κ3) is 3.15. The number of rotatable bonds is 2. The third-order valence-corrected chi connectivity index (χ3v) is 3.57. The fraction of sp³-hybridized carbons (Fsp3) is 0.467. The first-order chi connectivity index (χ1) is 9.70. The van der Waals surface area contributed by atoms with Gasteiger partial charge in [-0.2, -0.15) is 0 Å². The minimum atomic E-state index is -1.09. The van der Waals surface area contributed by atoms with Crippen LogP contribution in [0.15, 0.2) is 18.2 Å². The van der Waals surface area contributed by atoms with Crippen LogP contribution in [-0.2, 0) is 11.2 Å². The molecule has 1 aliphatic heterocycles. The van der Waals surface area contributed by atoms with Crippen LogP contribution in [0.3, 0.4) is 0 Å². The minimum absolute atomic E-state index is 0.418.